The number of aromatic hydroxyl groups is 1. The summed E-state index contributed by atoms with van der Waals surface area (Å²) in [4.78, 5) is 25.7. The normalized spacial score (nSPS) is 28.3. The summed E-state index contributed by atoms with van der Waals surface area (Å²) in [6, 6.07) is 5.06. The summed E-state index contributed by atoms with van der Waals surface area (Å²) < 4.78 is 22.9. The van der Waals surface area contributed by atoms with Crippen LogP contribution in [0.15, 0.2) is 54.3 Å². The molecule has 1 saturated heterocycles. The number of hydrogen-bond acceptors (Lipinski definition) is 7. The number of benzene rings is 1. The van der Waals surface area contributed by atoms with Gasteiger partial charge in [0, 0.05) is 0 Å². The number of carbonyl (C=O) groups excluding carboxylic acids is 2. The van der Waals surface area contributed by atoms with Gasteiger partial charge in [-0.25, -0.2) is 4.79 Å². The van der Waals surface area contributed by atoms with Gasteiger partial charge in [0.25, 0.3) is 0 Å². The zero-order valence-electron chi connectivity index (χ0n) is 21.9. The molecule has 0 spiro atoms. The smallest absolute Gasteiger partial charge is 0.337 e. The largest absolute Gasteiger partial charge is 0.508 e. The Morgan fingerprint density at radius 2 is 1.95 bits per heavy atom. The molecule has 0 aromatic heterocycles. The fourth-order valence-corrected chi connectivity index (χ4v) is 5.47. The first-order valence-corrected chi connectivity index (χ1v) is 12.7. The predicted molar refractivity (Wildman–Crippen MR) is 140 cm³/mol. The van der Waals surface area contributed by atoms with Crippen LogP contribution in [0, 0.1) is 41.4 Å². The molecule has 1 fully saturated rings. The highest BCUT2D eigenvalue weighted by Gasteiger charge is 2.67. The number of hydrogen-bond donors (Lipinski definition) is 1. The molecule has 2 aliphatic carbocycles. The third-order valence-electron chi connectivity index (χ3n) is 7.28. The molecule has 7 heteroatoms. The minimum absolute atomic E-state index is 0.0513. The molecule has 2 bridgehead atoms. The summed E-state index contributed by atoms with van der Waals surface area (Å²) in [6.45, 7) is 5.61. The van der Waals surface area contributed by atoms with Crippen molar-refractivity contribution < 1.29 is 33.6 Å². The van der Waals surface area contributed by atoms with E-state index in [0.717, 1.165) is 5.56 Å². The van der Waals surface area contributed by atoms with Crippen molar-refractivity contribution in [3.8, 4) is 29.4 Å². The standard InChI is InChI=1S/C31H32O7/c1-5-17-37-29(33)22-14-13-20-11-9-7-8-10-12-25(27(35-3)24(6-2)30(34)36-4)31(28(20)38-31)26-19-23(32)16-15-21(26)18-22/h5,7-8,15-16,19-20,22,25,28,32H,1,6,13-14,17-18H2,2-4H3/b8-7-,27-24-/t20-,22?,25-,28+,31-/m1/s1. The molecule has 198 valence electrons. The molecule has 1 aromatic rings. The van der Waals surface area contributed by atoms with Gasteiger partial charge in [0.05, 0.1) is 31.6 Å². The van der Waals surface area contributed by atoms with E-state index < -0.39 is 29.5 Å². The van der Waals surface area contributed by atoms with Crippen LogP contribution >= 0.6 is 0 Å². The summed E-state index contributed by atoms with van der Waals surface area (Å²) >= 11 is 0. The number of phenolic OH excluding ortho intramolecular Hbond substituents is 1. The average Bonchev–Trinajstić information content (AvgIpc) is 3.66. The van der Waals surface area contributed by atoms with Crippen LogP contribution in [-0.2, 0) is 40.6 Å². The molecular formula is C31H32O7. The van der Waals surface area contributed by atoms with Crippen molar-refractivity contribution in [2.24, 2.45) is 17.8 Å². The highest BCUT2D eigenvalue weighted by molar-refractivity contribution is 5.89. The molecule has 1 N–H and O–H groups in total. The molecule has 0 radical (unpaired) electrons. The van der Waals surface area contributed by atoms with Gasteiger partial charge < -0.3 is 24.1 Å². The van der Waals surface area contributed by atoms with E-state index in [-0.39, 0.29) is 24.2 Å². The zero-order valence-corrected chi connectivity index (χ0v) is 21.9. The van der Waals surface area contributed by atoms with Gasteiger partial charge in [0.15, 0.2) is 0 Å². The Labute approximate surface area is 223 Å². The summed E-state index contributed by atoms with van der Waals surface area (Å²) in [5, 5.41) is 10.6. The number of esters is 2. The molecule has 5 atom stereocenters. The van der Waals surface area contributed by atoms with Gasteiger partial charge in [0.2, 0.25) is 0 Å². The third-order valence-corrected chi connectivity index (χ3v) is 7.28. The Morgan fingerprint density at radius 1 is 1.18 bits per heavy atom. The van der Waals surface area contributed by atoms with Crippen LogP contribution in [0.4, 0.5) is 0 Å². The van der Waals surface area contributed by atoms with Crippen LogP contribution in [0.5, 0.6) is 5.75 Å². The lowest BCUT2D eigenvalue weighted by Crippen LogP contribution is -2.31. The maximum atomic E-state index is 13.0. The monoisotopic (exact) mass is 516 g/mol. The SMILES string of the molecule is C=CCOC(=O)C1CC[C@H]2C#C/C=C\C#C[C@H](/C(OC)=C(\CC)C(=O)OC)[C@@]3(O[C@@H]23)c2cc(O)ccc2C1. The summed E-state index contributed by atoms with van der Waals surface area (Å²) in [6.07, 6.45) is 6.34. The van der Waals surface area contributed by atoms with E-state index in [2.05, 4.69) is 30.3 Å². The molecule has 1 unspecified atom stereocenters. The Hall–Kier alpha value is -3.94. The first-order chi connectivity index (χ1) is 18.4. The second kappa shape index (κ2) is 11.6. The van der Waals surface area contributed by atoms with Gasteiger partial charge in [-0.05, 0) is 61.1 Å². The second-order valence-electron chi connectivity index (χ2n) is 9.41. The summed E-state index contributed by atoms with van der Waals surface area (Å²) in [5.74, 6) is 10.9. The van der Waals surface area contributed by atoms with E-state index in [4.69, 9.17) is 18.9 Å². The van der Waals surface area contributed by atoms with Gasteiger partial charge in [-0.1, -0.05) is 49.3 Å². The van der Waals surface area contributed by atoms with E-state index in [1.54, 1.807) is 36.4 Å². The highest BCUT2D eigenvalue weighted by atomic mass is 16.6. The Morgan fingerprint density at radius 3 is 2.63 bits per heavy atom. The molecule has 7 nitrogen and oxygen atoms in total. The van der Waals surface area contributed by atoms with Gasteiger partial charge >= 0.3 is 11.9 Å². The number of allylic oxidation sites excluding steroid dienone is 2. The van der Waals surface area contributed by atoms with E-state index >= 15 is 0 Å². The second-order valence-corrected chi connectivity index (χ2v) is 9.41. The van der Waals surface area contributed by atoms with Crippen molar-refractivity contribution >= 4 is 11.9 Å². The Kier molecular flexibility index (Phi) is 8.29. The van der Waals surface area contributed by atoms with Crippen molar-refractivity contribution in [2.45, 2.75) is 44.3 Å². The molecular weight excluding hydrogens is 484 g/mol. The van der Waals surface area contributed by atoms with E-state index in [1.807, 2.05) is 6.92 Å². The van der Waals surface area contributed by atoms with Gasteiger partial charge in [-0.15, -0.1) is 0 Å². The van der Waals surface area contributed by atoms with Crippen LogP contribution in [0.1, 0.15) is 37.3 Å². The molecule has 4 rings (SSSR count). The molecule has 1 aliphatic heterocycles. The maximum absolute atomic E-state index is 13.0. The minimum Gasteiger partial charge on any atom is -0.508 e. The quantitative estimate of drug-likeness (QED) is 0.146. The zero-order chi connectivity index (χ0) is 27.3. The topological polar surface area (TPSA) is 94.6 Å². The van der Waals surface area contributed by atoms with Gasteiger partial charge in [0.1, 0.15) is 35.7 Å². The van der Waals surface area contributed by atoms with Crippen LogP contribution < -0.4 is 0 Å². The van der Waals surface area contributed by atoms with Gasteiger partial charge in [-0.3, -0.25) is 4.79 Å². The van der Waals surface area contributed by atoms with Crippen LogP contribution in [0.25, 0.3) is 0 Å². The van der Waals surface area contributed by atoms with Crippen molar-refractivity contribution in [3.05, 3.63) is 65.5 Å². The molecule has 0 saturated carbocycles. The minimum atomic E-state index is -1.06. The summed E-state index contributed by atoms with van der Waals surface area (Å²) in [7, 11) is 2.83. The number of methoxy groups -OCH3 is 2. The molecule has 0 amide bonds. The van der Waals surface area contributed by atoms with Crippen LogP contribution in [0.2, 0.25) is 0 Å². The first kappa shape index (κ1) is 27.1. The molecule has 1 aromatic carbocycles. The van der Waals surface area contributed by atoms with Crippen molar-refractivity contribution in [3.63, 3.8) is 0 Å². The molecule has 3 aliphatic rings. The highest BCUT2D eigenvalue weighted by Crippen LogP contribution is 2.60. The lowest BCUT2D eigenvalue weighted by atomic mass is 9.75. The Balaban J connectivity index is 1.96. The van der Waals surface area contributed by atoms with Gasteiger partial charge in [-0.2, -0.15) is 0 Å². The number of ether oxygens (including phenoxy) is 4. The van der Waals surface area contributed by atoms with E-state index in [1.165, 1.54) is 14.2 Å². The fraction of sp³-hybridized carbons (Fsp3) is 0.419. The first-order valence-electron chi connectivity index (χ1n) is 12.7. The average molecular weight is 517 g/mol. The van der Waals surface area contributed by atoms with Crippen LogP contribution in [-0.4, -0.2) is 44.0 Å². The summed E-state index contributed by atoms with van der Waals surface area (Å²) in [5.41, 5.74) is 0.807. The Bertz CT molecular complexity index is 1300. The lowest BCUT2D eigenvalue weighted by Gasteiger charge is -2.27. The maximum Gasteiger partial charge on any atom is 0.337 e. The molecule has 38 heavy (non-hydrogen) atoms. The van der Waals surface area contributed by atoms with E-state index in [0.29, 0.717) is 42.6 Å². The van der Waals surface area contributed by atoms with Crippen molar-refractivity contribution in [2.75, 3.05) is 20.8 Å². The number of fused-ring (bicyclic) bond motifs is 1. The van der Waals surface area contributed by atoms with Crippen molar-refractivity contribution in [1.82, 2.24) is 0 Å². The van der Waals surface area contributed by atoms with E-state index in [9.17, 15) is 14.7 Å². The predicted octanol–water partition coefficient (Wildman–Crippen LogP) is 3.96. The number of phenols is 1. The molecule has 1 heterocycles. The van der Waals surface area contributed by atoms with Crippen LogP contribution in [0.3, 0.4) is 0 Å². The number of carbonyl (C=O) groups is 2. The van der Waals surface area contributed by atoms with Crippen molar-refractivity contribution in [1.29, 1.82) is 0 Å². The third kappa shape index (κ3) is 5.08. The number of rotatable bonds is 7. The lowest BCUT2D eigenvalue weighted by molar-refractivity contribution is -0.147. The fourth-order valence-electron chi connectivity index (χ4n) is 5.47. The number of epoxide rings is 1.